The number of rotatable bonds is 3. The van der Waals surface area contributed by atoms with Crippen LogP contribution in [0.4, 0.5) is 0 Å². The van der Waals surface area contributed by atoms with Gasteiger partial charge in [-0.05, 0) is 31.7 Å². The van der Waals surface area contributed by atoms with E-state index in [2.05, 4.69) is 17.0 Å². The van der Waals surface area contributed by atoms with E-state index in [0.717, 1.165) is 43.3 Å². The molecule has 0 N–H and O–H groups in total. The molecule has 0 atom stereocenters. The Labute approximate surface area is 140 Å². The molecular weight excluding hydrogens is 284 g/mol. The van der Waals surface area contributed by atoms with Gasteiger partial charge in [-0.2, -0.15) is 5.26 Å². The topological polar surface area (TPSA) is 36.3 Å². The van der Waals surface area contributed by atoms with Crippen LogP contribution in [0.15, 0.2) is 24.3 Å². The lowest BCUT2D eigenvalue weighted by molar-refractivity contribution is 0.121. The number of hydrogen-bond donors (Lipinski definition) is 0. The number of benzene rings is 1. The van der Waals surface area contributed by atoms with Crippen LogP contribution < -0.4 is 4.74 Å². The van der Waals surface area contributed by atoms with Crippen LogP contribution in [0.3, 0.4) is 0 Å². The molecule has 1 saturated carbocycles. The molecule has 0 aromatic heterocycles. The number of nitriles is 1. The summed E-state index contributed by atoms with van der Waals surface area (Å²) >= 11 is 0. The van der Waals surface area contributed by atoms with Crippen LogP contribution in [0.5, 0.6) is 5.75 Å². The Bertz CT molecular complexity index is 547. The van der Waals surface area contributed by atoms with Crippen molar-refractivity contribution in [1.29, 1.82) is 5.26 Å². The molecule has 3 nitrogen and oxygen atoms in total. The smallest absolute Gasteiger partial charge is 0.123 e. The van der Waals surface area contributed by atoms with Crippen molar-refractivity contribution >= 4 is 0 Å². The monoisotopic (exact) mass is 312 g/mol. The molecule has 0 unspecified atom stereocenters. The van der Waals surface area contributed by atoms with Crippen LogP contribution in [0, 0.1) is 11.3 Å². The van der Waals surface area contributed by atoms with Crippen LogP contribution in [0.2, 0.25) is 0 Å². The van der Waals surface area contributed by atoms with Crippen LogP contribution in [0.25, 0.3) is 0 Å². The zero-order valence-electron chi connectivity index (χ0n) is 14.3. The molecule has 3 rings (SSSR count). The standard InChI is InChI=1S/C20H28N2O/c1-23-19-11-7-6-10-18(19)20(16-21)12-14-22(15-13-20)17-8-4-2-3-5-9-17/h6-7,10-11,17H,2-5,8-9,12-15H2,1H3. The van der Waals surface area contributed by atoms with Crippen molar-refractivity contribution in [2.45, 2.75) is 62.8 Å². The highest BCUT2D eigenvalue weighted by Gasteiger charge is 2.39. The number of para-hydroxylation sites is 1. The summed E-state index contributed by atoms with van der Waals surface area (Å²) in [4.78, 5) is 2.65. The van der Waals surface area contributed by atoms with Gasteiger partial charge in [0.15, 0.2) is 0 Å². The number of likely N-dealkylation sites (tertiary alicyclic amines) is 1. The summed E-state index contributed by atoms with van der Waals surface area (Å²) in [5.41, 5.74) is 0.693. The van der Waals surface area contributed by atoms with Gasteiger partial charge in [-0.25, -0.2) is 0 Å². The molecule has 2 aliphatic rings. The van der Waals surface area contributed by atoms with Gasteiger partial charge in [0.25, 0.3) is 0 Å². The molecule has 1 heterocycles. The maximum Gasteiger partial charge on any atom is 0.123 e. The highest BCUT2D eigenvalue weighted by molar-refractivity contribution is 5.44. The van der Waals surface area contributed by atoms with Crippen LogP contribution in [0.1, 0.15) is 56.9 Å². The van der Waals surface area contributed by atoms with Gasteiger partial charge in [-0.1, -0.05) is 43.9 Å². The van der Waals surface area contributed by atoms with Crippen molar-refractivity contribution in [3.8, 4) is 11.8 Å². The number of nitrogens with zero attached hydrogens (tertiary/aromatic N) is 2. The second-order valence-electron chi connectivity index (χ2n) is 7.08. The summed E-state index contributed by atoms with van der Waals surface area (Å²) in [6, 6.07) is 11.4. The Kier molecular flexibility index (Phi) is 5.23. The zero-order chi connectivity index (χ0) is 16.1. The normalized spacial score (nSPS) is 23.0. The fourth-order valence-electron chi connectivity index (χ4n) is 4.38. The van der Waals surface area contributed by atoms with Gasteiger partial charge in [-0.15, -0.1) is 0 Å². The second-order valence-corrected chi connectivity index (χ2v) is 7.08. The van der Waals surface area contributed by atoms with E-state index in [9.17, 15) is 5.26 Å². The van der Waals surface area contributed by atoms with Gasteiger partial charge in [0, 0.05) is 24.7 Å². The van der Waals surface area contributed by atoms with Crippen molar-refractivity contribution in [3.63, 3.8) is 0 Å². The largest absolute Gasteiger partial charge is 0.496 e. The fraction of sp³-hybridized carbons (Fsp3) is 0.650. The predicted octanol–water partition coefficient (Wildman–Crippen LogP) is 4.28. The first-order valence-electron chi connectivity index (χ1n) is 9.08. The van der Waals surface area contributed by atoms with E-state index in [1.807, 2.05) is 18.2 Å². The van der Waals surface area contributed by atoms with Crippen LogP contribution >= 0.6 is 0 Å². The highest BCUT2D eigenvalue weighted by atomic mass is 16.5. The van der Waals surface area contributed by atoms with Gasteiger partial charge in [0.1, 0.15) is 5.75 Å². The van der Waals surface area contributed by atoms with Crippen LogP contribution in [-0.2, 0) is 5.41 Å². The predicted molar refractivity (Wildman–Crippen MR) is 92.6 cm³/mol. The van der Waals surface area contributed by atoms with E-state index in [1.165, 1.54) is 38.5 Å². The van der Waals surface area contributed by atoms with Crippen molar-refractivity contribution in [3.05, 3.63) is 29.8 Å². The minimum atomic E-state index is -0.381. The Balaban J connectivity index is 1.73. The van der Waals surface area contributed by atoms with Gasteiger partial charge in [0.05, 0.1) is 18.6 Å². The molecule has 0 spiro atoms. The minimum Gasteiger partial charge on any atom is -0.496 e. The number of methoxy groups -OCH3 is 1. The van der Waals surface area contributed by atoms with Gasteiger partial charge < -0.3 is 9.64 Å². The third kappa shape index (κ3) is 3.38. The molecule has 1 saturated heterocycles. The molecule has 2 fully saturated rings. The maximum absolute atomic E-state index is 9.93. The van der Waals surface area contributed by atoms with Crippen LogP contribution in [-0.4, -0.2) is 31.1 Å². The Morgan fingerprint density at radius 2 is 1.74 bits per heavy atom. The molecule has 23 heavy (non-hydrogen) atoms. The Hall–Kier alpha value is -1.53. The Morgan fingerprint density at radius 3 is 2.35 bits per heavy atom. The molecule has 0 amide bonds. The lowest BCUT2D eigenvalue weighted by Gasteiger charge is -2.41. The molecule has 124 valence electrons. The van der Waals surface area contributed by atoms with Crippen molar-refractivity contribution in [2.24, 2.45) is 0 Å². The third-order valence-corrected chi connectivity index (χ3v) is 5.83. The van der Waals surface area contributed by atoms with E-state index in [0.29, 0.717) is 0 Å². The summed E-state index contributed by atoms with van der Waals surface area (Å²) in [6.07, 6.45) is 10.1. The quantitative estimate of drug-likeness (QED) is 0.782. The molecule has 0 radical (unpaired) electrons. The molecule has 3 heteroatoms. The van der Waals surface area contributed by atoms with Gasteiger partial charge >= 0.3 is 0 Å². The van der Waals surface area contributed by atoms with E-state index in [1.54, 1.807) is 7.11 Å². The maximum atomic E-state index is 9.93. The summed E-state index contributed by atoms with van der Waals surface area (Å²) in [7, 11) is 1.70. The number of piperidine rings is 1. The lowest BCUT2D eigenvalue weighted by atomic mass is 9.73. The Morgan fingerprint density at radius 1 is 1.09 bits per heavy atom. The first kappa shape index (κ1) is 16.3. The fourth-order valence-corrected chi connectivity index (χ4v) is 4.38. The average molecular weight is 312 g/mol. The number of hydrogen-bond acceptors (Lipinski definition) is 3. The minimum absolute atomic E-state index is 0.381. The zero-order valence-corrected chi connectivity index (χ0v) is 14.3. The van der Waals surface area contributed by atoms with E-state index >= 15 is 0 Å². The second kappa shape index (κ2) is 7.36. The van der Waals surface area contributed by atoms with Gasteiger partial charge in [0.2, 0.25) is 0 Å². The molecule has 1 aromatic rings. The average Bonchev–Trinajstić information content (AvgIpc) is 2.91. The highest BCUT2D eigenvalue weighted by Crippen LogP contribution is 2.40. The van der Waals surface area contributed by atoms with E-state index in [-0.39, 0.29) is 5.41 Å². The first-order chi connectivity index (χ1) is 11.3. The van der Waals surface area contributed by atoms with Crippen molar-refractivity contribution < 1.29 is 4.74 Å². The van der Waals surface area contributed by atoms with E-state index in [4.69, 9.17) is 4.74 Å². The molecule has 1 aliphatic heterocycles. The third-order valence-electron chi connectivity index (χ3n) is 5.83. The summed E-state index contributed by atoms with van der Waals surface area (Å²) in [5, 5.41) is 9.93. The summed E-state index contributed by atoms with van der Waals surface area (Å²) in [6.45, 7) is 2.08. The molecule has 0 bridgehead atoms. The number of ether oxygens (including phenoxy) is 1. The van der Waals surface area contributed by atoms with E-state index < -0.39 is 0 Å². The lowest BCUT2D eigenvalue weighted by Crippen LogP contribution is -2.46. The molecule has 1 aromatic carbocycles. The molecular formula is C20H28N2O. The summed E-state index contributed by atoms with van der Waals surface area (Å²) < 4.78 is 5.52. The first-order valence-corrected chi connectivity index (χ1v) is 9.08. The van der Waals surface area contributed by atoms with Crippen molar-refractivity contribution in [2.75, 3.05) is 20.2 Å². The SMILES string of the molecule is COc1ccccc1C1(C#N)CCN(C2CCCCCC2)CC1. The van der Waals surface area contributed by atoms with Gasteiger partial charge in [-0.3, -0.25) is 0 Å². The van der Waals surface area contributed by atoms with Crippen molar-refractivity contribution in [1.82, 2.24) is 4.90 Å². The molecule has 1 aliphatic carbocycles. The summed E-state index contributed by atoms with van der Waals surface area (Å²) in [5.74, 6) is 0.858.